The third kappa shape index (κ3) is 3.45. The fraction of sp³-hybridized carbons (Fsp3) is 1.00. The minimum absolute atomic E-state index is 0.364. The molecule has 17 heavy (non-hydrogen) atoms. The molecule has 0 heterocycles. The predicted molar refractivity (Wildman–Crippen MR) is 74.1 cm³/mol. The van der Waals surface area contributed by atoms with Gasteiger partial charge in [-0.3, -0.25) is 4.90 Å². The summed E-state index contributed by atoms with van der Waals surface area (Å²) in [6.07, 6.45) is 12.5. The monoisotopic (exact) mass is 238 g/mol. The zero-order valence-corrected chi connectivity index (χ0v) is 11.6. The molecule has 0 atom stereocenters. The first-order valence-electron chi connectivity index (χ1n) is 7.76. The van der Waals surface area contributed by atoms with E-state index in [-0.39, 0.29) is 0 Å². The highest BCUT2D eigenvalue weighted by atomic mass is 15.2. The van der Waals surface area contributed by atoms with E-state index in [0.717, 1.165) is 12.5 Å². The van der Waals surface area contributed by atoms with Gasteiger partial charge < -0.3 is 5.73 Å². The molecule has 0 aromatic heterocycles. The van der Waals surface area contributed by atoms with Crippen LogP contribution < -0.4 is 5.73 Å². The molecule has 0 bridgehead atoms. The van der Waals surface area contributed by atoms with Gasteiger partial charge in [0.1, 0.15) is 0 Å². The van der Waals surface area contributed by atoms with Gasteiger partial charge >= 0.3 is 0 Å². The van der Waals surface area contributed by atoms with Crippen LogP contribution in [0.25, 0.3) is 0 Å². The van der Waals surface area contributed by atoms with Crippen LogP contribution in [0.3, 0.4) is 0 Å². The van der Waals surface area contributed by atoms with Crippen LogP contribution in [0.4, 0.5) is 0 Å². The fourth-order valence-electron chi connectivity index (χ4n) is 3.46. The molecule has 0 aromatic carbocycles. The molecular weight excluding hydrogens is 208 g/mol. The normalized spacial score (nSPS) is 24.2. The van der Waals surface area contributed by atoms with Crippen molar-refractivity contribution in [2.24, 2.45) is 11.7 Å². The summed E-state index contributed by atoms with van der Waals surface area (Å²) < 4.78 is 0. The second kappa shape index (κ2) is 6.19. The van der Waals surface area contributed by atoms with Gasteiger partial charge in [0.05, 0.1) is 0 Å². The summed E-state index contributed by atoms with van der Waals surface area (Å²) in [5.41, 5.74) is 6.51. The molecule has 0 aromatic rings. The second-order valence-electron chi connectivity index (χ2n) is 6.21. The van der Waals surface area contributed by atoms with Crippen LogP contribution in [0.2, 0.25) is 0 Å². The van der Waals surface area contributed by atoms with Gasteiger partial charge in [-0.25, -0.2) is 0 Å². The Morgan fingerprint density at radius 3 is 2.35 bits per heavy atom. The molecule has 0 aliphatic heterocycles. The summed E-state index contributed by atoms with van der Waals surface area (Å²) in [6, 6.07) is 0. The Morgan fingerprint density at radius 1 is 1.12 bits per heavy atom. The first kappa shape index (κ1) is 13.4. The average molecular weight is 238 g/mol. The molecule has 2 aliphatic rings. The van der Waals surface area contributed by atoms with Crippen LogP contribution in [-0.2, 0) is 0 Å². The van der Waals surface area contributed by atoms with Gasteiger partial charge in [0.2, 0.25) is 0 Å². The highest BCUT2D eigenvalue weighted by Crippen LogP contribution is 2.36. The largest absolute Gasteiger partial charge is 0.329 e. The van der Waals surface area contributed by atoms with Gasteiger partial charge in [0.25, 0.3) is 0 Å². The maximum atomic E-state index is 6.15. The zero-order valence-electron chi connectivity index (χ0n) is 11.6. The predicted octanol–water partition coefficient (Wildman–Crippen LogP) is 3.16. The minimum Gasteiger partial charge on any atom is -0.329 e. The minimum atomic E-state index is 0.364. The lowest BCUT2D eigenvalue weighted by Crippen LogP contribution is -2.55. The zero-order chi connectivity index (χ0) is 12.1. The van der Waals surface area contributed by atoms with Crippen LogP contribution in [0, 0.1) is 5.92 Å². The topological polar surface area (TPSA) is 29.3 Å². The van der Waals surface area contributed by atoms with Crippen molar-refractivity contribution < 1.29 is 0 Å². The van der Waals surface area contributed by atoms with Gasteiger partial charge in [-0.05, 0) is 44.7 Å². The van der Waals surface area contributed by atoms with Gasteiger partial charge in [-0.15, -0.1) is 0 Å². The number of hydrogen-bond acceptors (Lipinski definition) is 2. The van der Waals surface area contributed by atoms with Gasteiger partial charge in [0.15, 0.2) is 0 Å². The van der Waals surface area contributed by atoms with E-state index in [9.17, 15) is 0 Å². The van der Waals surface area contributed by atoms with E-state index in [1.807, 2.05) is 0 Å². The van der Waals surface area contributed by atoms with Gasteiger partial charge in [0, 0.05) is 12.1 Å². The SMILES string of the molecule is CCCN(CCC1CC1)C1(CN)CCCCC1. The van der Waals surface area contributed by atoms with Crippen LogP contribution in [-0.4, -0.2) is 30.1 Å². The van der Waals surface area contributed by atoms with Crippen molar-refractivity contribution in [1.29, 1.82) is 0 Å². The molecule has 2 N–H and O–H groups in total. The smallest absolute Gasteiger partial charge is 0.0331 e. The van der Waals surface area contributed by atoms with E-state index in [1.54, 1.807) is 0 Å². The standard InChI is InChI=1S/C15H30N2/c1-2-11-17(12-8-14-6-7-14)15(13-16)9-4-3-5-10-15/h14H,2-13,16H2,1H3. The lowest BCUT2D eigenvalue weighted by atomic mass is 9.80. The highest BCUT2D eigenvalue weighted by molar-refractivity contribution is 4.94. The first-order chi connectivity index (χ1) is 8.30. The van der Waals surface area contributed by atoms with Crippen LogP contribution in [0.1, 0.15) is 64.7 Å². The van der Waals surface area contributed by atoms with Crippen molar-refractivity contribution in [2.75, 3.05) is 19.6 Å². The van der Waals surface area contributed by atoms with Crippen molar-refractivity contribution >= 4 is 0 Å². The van der Waals surface area contributed by atoms with E-state index < -0.39 is 0 Å². The molecule has 0 unspecified atom stereocenters. The Hall–Kier alpha value is -0.0800. The molecule has 2 nitrogen and oxygen atoms in total. The first-order valence-corrected chi connectivity index (χ1v) is 7.76. The molecule has 2 saturated carbocycles. The van der Waals surface area contributed by atoms with Crippen molar-refractivity contribution in [3.05, 3.63) is 0 Å². The van der Waals surface area contributed by atoms with Gasteiger partial charge in [-0.1, -0.05) is 39.0 Å². The molecule has 0 spiro atoms. The second-order valence-corrected chi connectivity index (χ2v) is 6.21. The Kier molecular flexibility index (Phi) is 4.87. The number of nitrogens with zero attached hydrogens (tertiary/aromatic N) is 1. The molecule has 2 aliphatic carbocycles. The lowest BCUT2D eigenvalue weighted by Gasteiger charge is -2.46. The van der Waals surface area contributed by atoms with E-state index >= 15 is 0 Å². The Labute approximate surface area is 107 Å². The summed E-state index contributed by atoms with van der Waals surface area (Å²) in [5, 5.41) is 0. The van der Waals surface area contributed by atoms with Crippen molar-refractivity contribution in [3.63, 3.8) is 0 Å². The van der Waals surface area contributed by atoms with E-state index in [0.29, 0.717) is 5.54 Å². The maximum absolute atomic E-state index is 6.15. The number of rotatable bonds is 7. The molecule has 2 fully saturated rings. The summed E-state index contributed by atoms with van der Waals surface area (Å²) in [4.78, 5) is 2.75. The van der Waals surface area contributed by atoms with E-state index in [1.165, 1.54) is 70.9 Å². The summed E-state index contributed by atoms with van der Waals surface area (Å²) in [7, 11) is 0. The molecule has 2 heteroatoms. The van der Waals surface area contributed by atoms with Gasteiger partial charge in [-0.2, -0.15) is 0 Å². The third-order valence-corrected chi connectivity index (χ3v) is 4.83. The maximum Gasteiger partial charge on any atom is 0.0331 e. The molecular formula is C15H30N2. The number of hydrogen-bond donors (Lipinski definition) is 1. The Bertz CT molecular complexity index is 217. The van der Waals surface area contributed by atoms with E-state index in [4.69, 9.17) is 5.73 Å². The van der Waals surface area contributed by atoms with Crippen molar-refractivity contribution in [1.82, 2.24) is 4.90 Å². The molecule has 2 rings (SSSR count). The molecule has 0 amide bonds. The Morgan fingerprint density at radius 2 is 1.82 bits per heavy atom. The Balaban J connectivity index is 1.93. The summed E-state index contributed by atoms with van der Waals surface area (Å²) in [6.45, 7) is 5.73. The molecule has 0 saturated heterocycles. The summed E-state index contributed by atoms with van der Waals surface area (Å²) >= 11 is 0. The fourth-order valence-corrected chi connectivity index (χ4v) is 3.46. The van der Waals surface area contributed by atoms with Crippen molar-refractivity contribution in [2.45, 2.75) is 70.3 Å². The third-order valence-electron chi connectivity index (χ3n) is 4.83. The number of nitrogens with two attached hydrogens (primary N) is 1. The highest BCUT2D eigenvalue weighted by Gasteiger charge is 2.36. The summed E-state index contributed by atoms with van der Waals surface area (Å²) in [5.74, 6) is 1.05. The molecule has 100 valence electrons. The van der Waals surface area contributed by atoms with Crippen molar-refractivity contribution in [3.8, 4) is 0 Å². The van der Waals surface area contributed by atoms with Crippen LogP contribution in [0.5, 0.6) is 0 Å². The van der Waals surface area contributed by atoms with E-state index in [2.05, 4.69) is 11.8 Å². The average Bonchev–Trinajstić information content (AvgIpc) is 3.19. The van der Waals surface area contributed by atoms with Crippen LogP contribution in [0.15, 0.2) is 0 Å². The molecule has 0 radical (unpaired) electrons. The lowest BCUT2D eigenvalue weighted by molar-refractivity contribution is 0.0543. The van der Waals surface area contributed by atoms with Crippen LogP contribution >= 0.6 is 0 Å². The quantitative estimate of drug-likeness (QED) is 0.738.